The third-order valence-electron chi connectivity index (χ3n) is 7.35. The number of carbonyl (C=O) groups excluding carboxylic acids is 1. The number of nitrogens with zero attached hydrogens (tertiary/aromatic N) is 6. The van der Waals surface area contributed by atoms with Crippen LogP contribution in [0, 0.1) is 6.92 Å². The van der Waals surface area contributed by atoms with Gasteiger partial charge in [-0.25, -0.2) is 9.97 Å². The number of aromatic nitrogens is 4. The monoisotopic (exact) mass is 422 g/mol. The van der Waals surface area contributed by atoms with Gasteiger partial charge in [0.1, 0.15) is 11.6 Å². The summed E-state index contributed by atoms with van der Waals surface area (Å²) in [6.07, 6.45) is 12.3. The minimum atomic E-state index is 0.255. The molecule has 0 unspecified atom stereocenters. The highest BCUT2D eigenvalue weighted by Crippen LogP contribution is 2.36. The fourth-order valence-corrected chi connectivity index (χ4v) is 5.55. The molecule has 0 atom stereocenters. The van der Waals surface area contributed by atoms with Crippen molar-refractivity contribution in [2.24, 2.45) is 0 Å². The Morgan fingerprint density at radius 3 is 2.55 bits per heavy atom. The first-order valence-corrected chi connectivity index (χ1v) is 12.1. The molecule has 2 fully saturated rings. The zero-order valence-corrected chi connectivity index (χ0v) is 18.9. The molecule has 4 heterocycles. The van der Waals surface area contributed by atoms with Crippen molar-refractivity contribution in [3.63, 3.8) is 0 Å². The van der Waals surface area contributed by atoms with E-state index in [4.69, 9.17) is 9.97 Å². The minimum Gasteiger partial charge on any atom is -0.299 e. The Morgan fingerprint density at radius 1 is 1.06 bits per heavy atom. The fourth-order valence-electron chi connectivity index (χ4n) is 5.55. The van der Waals surface area contributed by atoms with Crippen molar-refractivity contribution in [2.75, 3.05) is 18.0 Å². The molecule has 2 aromatic heterocycles. The minimum absolute atomic E-state index is 0.255. The zero-order valence-electron chi connectivity index (χ0n) is 18.9. The largest absolute Gasteiger partial charge is 0.299 e. The van der Waals surface area contributed by atoms with E-state index in [1.807, 2.05) is 15.8 Å². The molecule has 3 aliphatic rings. The van der Waals surface area contributed by atoms with E-state index in [1.165, 1.54) is 24.0 Å². The Hall–Kier alpha value is -2.28. The van der Waals surface area contributed by atoms with Crippen LogP contribution >= 0.6 is 0 Å². The number of fused-ring (bicyclic) bond motifs is 1. The molecular weight excluding hydrogens is 388 g/mol. The first kappa shape index (κ1) is 20.6. The highest BCUT2D eigenvalue weighted by Gasteiger charge is 2.35. The van der Waals surface area contributed by atoms with Gasteiger partial charge in [0.2, 0.25) is 5.91 Å². The topological polar surface area (TPSA) is 67.2 Å². The van der Waals surface area contributed by atoms with Crippen molar-refractivity contribution in [1.82, 2.24) is 24.6 Å². The average Bonchev–Trinajstić information content (AvgIpc) is 3.46. The average molecular weight is 423 g/mol. The Balaban J connectivity index is 1.31. The van der Waals surface area contributed by atoms with Crippen LogP contribution in [-0.4, -0.2) is 49.7 Å². The number of likely N-dealkylation sites (tertiary alicyclic amines) is 1. The Labute approximate surface area is 184 Å². The molecular formula is C24H34N6O. The number of anilines is 1. The van der Waals surface area contributed by atoms with Gasteiger partial charge in [-0.1, -0.05) is 12.8 Å². The standard InChI is InChI=1S/C24H34N6O/c1-3-29-16-18(14-25-29)15-28-12-10-19(11-13-28)23-26-17(2)21-8-9-22(31)30(24(21)27-23)20-6-4-5-7-20/h14,16,19-20H,3-13,15H2,1-2H3. The summed E-state index contributed by atoms with van der Waals surface area (Å²) in [5.74, 6) is 2.51. The third-order valence-corrected chi connectivity index (χ3v) is 7.35. The van der Waals surface area contributed by atoms with Crippen LogP contribution in [0.3, 0.4) is 0 Å². The molecule has 1 aliphatic carbocycles. The molecule has 1 saturated heterocycles. The number of aryl methyl sites for hydroxylation is 2. The van der Waals surface area contributed by atoms with Crippen molar-refractivity contribution < 1.29 is 4.79 Å². The van der Waals surface area contributed by atoms with Gasteiger partial charge in [0.25, 0.3) is 0 Å². The maximum Gasteiger partial charge on any atom is 0.228 e. The molecule has 5 rings (SSSR count). The van der Waals surface area contributed by atoms with Crippen LogP contribution in [0.15, 0.2) is 12.4 Å². The predicted octanol–water partition coefficient (Wildman–Crippen LogP) is 3.60. The summed E-state index contributed by atoms with van der Waals surface area (Å²) in [6.45, 7) is 8.19. The van der Waals surface area contributed by atoms with Crippen molar-refractivity contribution >= 4 is 11.7 Å². The molecule has 166 valence electrons. The van der Waals surface area contributed by atoms with Crippen molar-refractivity contribution in [3.8, 4) is 0 Å². The number of hydrogen-bond acceptors (Lipinski definition) is 5. The maximum atomic E-state index is 12.8. The van der Waals surface area contributed by atoms with Crippen LogP contribution in [0.5, 0.6) is 0 Å². The van der Waals surface area contributed by atoms with Gasteiger partial charge < -0.3 is 0 Å². The van der Waals surface area contributed by atoms with E-state index in [1.54, 1.807) is 0 Å². The van der Waals surface area contributed by atoms with Gasteiger partial charge in [-0.2, -0.15) is 5.10 Å². The van der Waals surface area contributed by atoms with Gasteiger partial charge in [-0.05, 0) is 59.0 Å². The van der Waals surface area contributed by atoms with Crippen molar-refractivity contribution in [3.05, 3.63) is 35.0 Å². The molecule has 2 aromatic rings. The molecule has 0 N–H and O–H groups in total. The van der Waals surface area contributed by atoms with Gasteiger partial charge >= 0.3 is 0 Å². The SMILES string of the molecule is CCn1cc(CN2CCC(c3nc(C)c4c(n3)N(C3CCCC3)C(=O)CC4)CC2)cn1. The number of amides is 1. The van der Waals surface area contributed by atoms with E-state index >= 15 is 0 Å². The van der Waals surface area contributed by atoms with Gasteiger partial charge in [0.15, 0.2) is 0 Å². The van der Waals surface area contributed by atoms with Crippen LogP contribution in [0.2, 0.25) is 0 Å². The van der Waals surface area contributed by atoms with E-state index in [9.17, 15) is 4.79 Å². The Morgan fingerprint density at radius 2 is 1.84 bits per heavy atom. The second kappa shape index (κ2) is 8.69. The van der Waals surface area contributed by atoms with Crippen LogP contribution in [0.25, 0.3) is 0 Å². The lowest BCUT2D eigenvalue weighted by atomic mass is 9.94. The predicted molar refractivity (Wildman–Crippen MR) is 120 cm³/mol. The van der Waals surface area contributed by atoms with Gasteiger partial charge in [-0.15, -0.1) is 0 Å². The third kappa shape index (κ3) is 4.12. The highest BCUT2D eigenvalue weighted by atomic mass is 16.2. The summed E-state index contributed by atoms with van der Waals surface area (Å²) in [5, 5.41) is 4.40. The molecule has 0 spiro atoms. The quantitative estimate of drug-likeness (QED) is 0.736. The van der Waals surface area contributed by atoms with Crippen LogP contribution in [-0.2, 0) is 24.3 Å². The molecule has 1 saturated carbocycles. The molecule has 7 nitrogen and oxygen atoms in total. The van der Waals surface area contributed by atoms with E-state index in [0.717, 1.165) is 75.6 Å². The molecule has 1 amide bonds. The molecule has 0 bridgehead atoms. The van der Waals surface area contributed by atoms with Crippen molar-refractivity contribution in [2.45, 2.75) is 90.3 Å². The zero-order chi connectivity index (χ0) is 21.4. The lowest BCUT2D eigenvalue weighted by Gasteiger charge is -2.35. The summed E-state index contributed by atoms with van der Waals surface area (Å²) < 4.78 is 1.99. The van der Waals surface area contributed by atoms with Crippen LogP contribution in [0.4, 0.5) is 5.82 Å². The van der Waals surface area contributed by atoms with Gasteiger partial charge in [-0.3, -0.25) is 19.3 Å². The molecule has 0 aromatic carbocycles. The Kier molecular flexibility index (Phi) is 5.78. The normalized spacial score (nSPS) is 21.1. The first-order valence-electron chi connectivity index (χ1n) is 12.1. The maximum absolute atomic E-state index is 12.8. The number of piperidine rings is 1. The molecule has 0 radical (unpaired) electrons. The highest BCUT2D eigenvalue weighted by molar-refractivity contribution is 5.96. The smallest absolute Gasteiger partial charge is 0.228 e. The number of carbonyl (C=O) groups is 1. The molecule has 2 aliphatic heterocycles. The lowest BCUT2D eigenvalue weighted by molar-refractivity contribution is -0.119. The molecule has 31 heavy (non-hydrogen) atoms. The lowest BCUT2D eigenvalue weighted by Crippen LogP contribution is -2.43. The van der Waals surface area contributed by atoms with E-state index in [0.29, 0.717) is 18.4 Å². The second-order valence-electron chi connectivity index (χ2n) is 9.43. The fraction of sp³-hybridized carbons (Fsp3) is 0.667. The van der Waals surface area contributed by atoms with E-state index in [2.05, 4.69) is 30.0 Å². The summed E-state index contributed by atoms with van der Waals surface area (Å²) in [4.78, 5) is 27.4. The summed E-state index contributed by atoms with van der Waals surface area (Å²) in [6, 6.07) is 0.333. The summed E-state index contributed by atoms with van der Waals surface area (Å²) >= 11 is 0. The number of hydrogen-bond donors (Lipinski definition) is 0. The van der Waals surface area contributed by atoms with Crippen LogP contribution < -0.4 is 4.90 Å². The second-order valence-corrected chi connectivity index (χ2v) is 9.43. The van der Waals surface area contributed by atoms with Crippen LogP contribution in [0.1, 0.15) is 80.4 Å². The van der Waals surface area contributed by atoms with E-state index < -0.39 is 0 Å². The van der Waals surface area contributed by atoms with E-state index in [-0.39, 0.29) is 5.91 Å². The van der Waals surface area contributed by atoms with Crippen molar-refractivity contribution in [1.29, 1.82) is 0 Å². The van der Waals surface area contributed by atoms with Gasteiger partial charge in [0.05, 0.1) is 6.20 Å². The summed E-state index contributed by atoms with van der Waals surface area (Å²) in [7, 11) is 0. The molecule has 7 heteroatoms. The number of rotatable bonds is 5. The first-order chi connectivity index (χ1) is 15.1. The summed E-state index contributed by atoms with van der Waals surface area (Å²) in [5.41, 5.74) is 3.55. The van der Waals surface area contributed by atoms with Gasteiger partial charge in [0, 0.05) is 54.5 Å². The Bertz CT molecular complexity index is 940.